The molecule has 0 heterocycles. The van der Waals surface area contributed by atoms with Crippen LogP contribution in [0.15, 0.2) is 34.8 Å². The van der Waals surface area contributed by atoms with Crippen LogP contribution in [-0.2, 0) is 0 Å². The summed E-state index contributed by atoms with van der Waals surface area (Å²) < 4.78 is 19.5. The zero-order valence-electron chi connectivity index (χ0n) is 9.93. The van der Waals surface area contributed by atoms with Crippen LogP contribution in [0.3, 0.4) is 0 Å². The lowest BCUT2D eigenvalue weighted by atomic mass is 10.2. The predicted molar refractivity (Wildman–Crippen MR) is 75.1 cm³/mol. The highest BCUT2D eigenvalue weighted by Crippen LogP contribution is 2.35. The van der Waals surface area contributed by atoms with E-state index in [0.717, 1.165) is 15.6 Å². The van der Waals surface area contributed by atoms with Gasteiger partial charge in [0.15, 0.2) is 0 Å². The zero-order chi connectivity index (χ0) is 13.3. The van der Waals surface area contributed by atoms with E-state index in [2.05, 4.69) is 15.9 Å². The summed E-state index contributed by atoms with van der Waals surface area (Å²) in [6.45, 7) is 3.71. The second-order valence-electron chi connectivity index (χ2n) is 4.04. The van der Waals surface area contributed by atoms with E-state index in [1.165, 1.54) is 12.1 Å². The van der Waals surface area contributed by atoms with E-state index in [1.54, 1.807) is 19.1 Å². The largest absolute Gasteiger partial charge is 0.456 e. The van der Waals surface area contributed by atoms with Gasteiger partial charge in [-0.2, -0.15) is 0 Å². The van der Waals surface area contributed by atoms with E-state index < -0.39 is 0 Å². The molecule has 1 nitrogen and oxygen atoms in total. The van der Waals surface area contributed by atoms with Crippen molar-refractivity contribution < 1.29 is 9.13 Å². The summed E-state index contributed by atoms with van der Waals surface area (Å²) in [5.41, 5.74) is 1.70. The minimum absolute atomic E-state index is 0.277. The molecular weight excluding hydrogens is 319 g/mol. The molecule has 0 unspecified atom stereocenters. The Hall–Kier alpha value is -1.06. The number of aryl methyl sites for hydroxylation is 2. The molecule has 0 aliphatic carbocycles. The molecule has 0 aliphatic rings. The van der Waals surface area contributed by atoms with Gasteiger partial charge < -0.3 is 4.74 Å². The van der Waals surface area contributed by atoms with Crippen molar-refractivity contribution in [3.8, 4) is 11.5 Å². The van der Waals surface area contributed by atoms with E-state index in [4.69, 9.17) is 16.3 Å². The lowest BCUT2D eigenvalue weighted by Gasteiger charge is -2.11. The lowest BCUT2D eigenvalue weighted by Crippen LogP contribution is -1.90. The van der Waals surface area contributed by atoms with Gasteiger partial charge >= 0.3 is 0 Å². The molecule has 0 saturated carbocycles. The van der Waals surface area contributed by atoms with Crippen LogP contribution in [0, 0.1) is 19.7 Å². The van der Waals surface area contributed by atoms with E-state index in [0.29, 0.717) is 16.5 Å². The van der Waals surface area contributed by atoms with Gasteiger partial charge in [-0.3, -0.25) is 0 Å². The summed E-state index contributed by atoms with van der Waals surface area (Å²) >= 11 is 9.48. The normalized spacial score (nSPS) is 10.5. The molecule has 2 rings (SSSR count). The van der Waals surface area contributed by atoms with Gasteiger partial charge in [-0.15, -0.1) is 0 Å². The van der Waals surface area contributed by atoms with Gasteiger partial charge in [0.05, 0.1) is 4.47 Å². The minimum Gasteiger partial charge on any atom is -0.456 e. The Balaban J connectivity index is 2.37. The van der Waals surface area contributed by atoms with E-state index in [9.17, 15) is 4.39 Å². The Bertz CT molecular complexity index is 599. The highest BCUT2D eigenvalue weighted by molar-refractivity contribution is 9.10. The molecule has 0 spiro atoms. The number of hydrogen-bond donors (Lipinski definition) is 0. The first-order valence-electron chi connectivity index (χ1n) is 5.37. The molecule has 0 bridgehead atoms. The van der Waals surface area contributed by atoms with Crippen molar-refractivity contribution >= 4 is 27.5 Å². The van der Waals surface area contributed by atoms with Crippen molar-refractivity contribution in [2.45, 2.75) is 13.8 Å². The Kier molecular flexibility index (Phi) is 3.93. The molecule has 0 aliphatic heterocycles. The van der Waals surface area contributed by atoms with Gasteiger partial charge in [-0.1, -0.05) is 11.6 Å². The summed E-state index contributed by atoms with van der Waals surface area (Å²) in [4.78, 5) is 0. The van der Waals surface area contributed by atoms with Gasteiger partial charge in [0, 0.05) is 11.1 Å². The number of halogens is 3. The summed E-state index contributed by atoms with van der Waals surface area (Å²) in [5.74, 6) is 0.943. The van der Waals surface area contributed by atoms with Crippen LogP contribution < -0.4 is 4.74 Å². The topological polar surface area (TPSA) is 9.23 Å². The van der Waals surface area contributed by atoms with Crippen LogP contribution >= 0.6 is 27.5 Å². The number of ether oxygens (including phenoxy) is 1. The van der Waals surface area contributed by atoms with Crippen molar-refractivity contribution in [2.75, 3.05) is 0 Å². The minimum atomic E-state index is -0.277. The zero-order valence-corrected chi connectivity index (χ0v) is 12.3. The van der Waals surface area contributed by atoms with Crippen LogP contribution in [0.5, 0.6) is 11.5 Å². The average molecular weight is 330 g/mol. The SMILES string of the molecule is Cc1cc(Br)c(Oc2ccc(F)cc2C)cc1Cl. The predicted octanol–water partition coefficient (Wildman–Crippen LogP) is 5.65. The van der Waals surface area contributed by atoms with Gasteiger partial charge in [0.2, 0.25) is 0 Å². The first-order valence-corrected chi connectivity index (χ1v) is 6.54. The van der Waals surface area contributed by atoms with E-state index in [-0.39, 0.29) is 5.82 Å². The fourth-order valence-electron chi connectivity index (χ4n) is 1.55. The van der Waals surface area contributed by atoms with Crippen LogP contribution in [0.2, 0.25) is 5.02 Å². The smallest absolute Gasteiger partial charge is 0.143 e. The van der Waals surface area contributed by atoms with Crippen molar-refractivity contribution in [2.24, 2.45) is 0 Å². The second-order valence-corrected chi connectivity index (χ2v) is 5.31. The highest BCUT2D eigenvalue weighted by Gasteiger charge is 2.08. The molecule has 0 amide bonds. The Labute approximate surface area is 119 Å². The van der Waals surface area contributed by atoms with Gasteiger partial charge in [-0.05, 0) is 65.2 Å². The molecule has 0 aromatic heterocycles. The molecule has 2 aromatic rings. The van der Waals surface area contributed by atoms with Crippen LogP contribution in [-0.4, -0.2) is 0 Å². The maximum atomic E-state index is 13.0. The maximum absolute atomic E-state index is 13.0. The first-order chi connectivity index (χ1) is 8.47. The second kappa shape index (κ2) is 5.29. The standard InChI is InChI=1S/C14H11BrClFO/c1-8-6-11(15)14(7-12(8)16)18-13-4-3-10(17)5-9(13)2/h3-7H,1-2H3. The lowest BCUT2D eigenvalue weighted by molar-refractivity contribution is 0.473. The fraction of sp³-hybridized carbons (Fsp3) is 0.143. The fourth-order valence-corrected chi connectivity index (χ4v) is 2.24. The van der Waals surface area contributed by atoms with Gasteiger partial charge in [0.1, 0.15) is 17.3 Å². The molecule has 2 aromatic carbocycles. The van der Waals surface area contributed by atoms with Crippen LogP contribution in [0.4, 0.5) is 4.39 Å². The molecule has 0 saturated heterocycles. The summed E-state index contributed by atoms with van der Waals surface area (Å²) in [6, 6.07) is 8.02. The summed E-state index contributed by atoms with van der Waals surface area (Å²) in [5, 5.41) is 0.632. The maximum Gasteiger partial charge on any atom is 0.143 e. The quantitative estimate of drug-likeness (QED) is 0.691. The Morgan fingerprint density at radius 2 is 1.78 bits per heavy atom. The summed E-state index contributed by atoms with van der Waals surface area (Å²) in [6.07, 6.45) is 0. The van der Waals surface area contributed by atoms with E-state index >= 15 is 0 Å². The Morgan fingerprint density at radius 1 is 1.06 bits per heavy atom. The molecule has 0 fully saturated rings. The van der Waals surface area contributed by atoms with E-state index in [1.807, 2.05) is 13.0 Å². The number of benzene rings is 2. The molecule has 0 N–H and O–H groups in total. The number of rotatable bonds is 2. The van der Waals surface area contributed by atoms with Crippen molar-refractivity contribution in [3.05, 3.63) is 56.8 Å². The molecule has 18 heavy (non-hydrogen) atoms. The highest BCUT2D eigenvalue weighted by atomic mass is 79.9. The molecule has 4 heteroatoms. The van der Waals surface area contributed by atoms with Gasteiger partial charge in [-0.25, -0.2) is 4.39 Å². The third-order valence-electron chi connectivity index (χ3n) is 2.57. The van der Waals surface area contributed by atoms with Crippen LogP contribution in [0.1, 0.15) is 11.1 Å². The molecular formula is C14H11BrClFO. The Morgan fingerprint density at radius 3 is 2.44 bits per heavy atom. The third-order valence-corrected chi connectivity index (χ3v) is 3.60. The summed E-state index contributed by atoms with van der Waals surface area (Å²) in [7, 11) is 0. The van der Waals surface area contributed by atoms with Crippen molar-refractivity contribution in [3.63, 3.8) is 0 Å². The number of hydrogen-bond acceptors (Lipinski definition) is 1. The van der Waals surface area contributed by atoms with Crippen molar-refractivity contribution in [1.29, 1.82) is 0 Å². The third kappa shape index (κ3) is 2.85. The monoisotopic (exact) mass is 328 g/mol. The van der Waals surface area contributed by atoms with Gasteiger partial charge in [0.25, 0.3) is 0 Å². The average Bonchev–Trinajstić information content (AvgIpc) is 2.29. The first kappa shape index (κ1) is 13.4. The molecule has 0 atom stereocenters. The van der Waals surface area contributed by atoms with Crippen molar-refractivity contribution in [1.82, 2.24) is 0 Å². The van der Waals surface area contributed by atoms with Crippen LogP contribution in [0.25, 0.3) is 0 Å². The molecule has 94 valence electrons. The molecule has 0 radical (unpaired) electrons.